The van der Waals surface area contributed by atoms with Crippen molar-refractivity contribution in [2.24, 2.45) is 5.73 Å². The van der Waals surface area contributed by atoms with E-state index < -0.39 is 11.6 Å². The van der Waals surface area contributed by atoms with Crippen LogP contribution < -0.4 is 5.73 Å². The van der Waals surface area contributed by atoms with Gasteiger partial charge in [-0.3, -0.25) is 0 Å². The summed E-state index contributed by atoms with van der Waals surface area (Å²) >= 11 is 0. The number of hydrogen-bond donors (Lipinski definition) is 1. The molecule has 19 heavy (non-hydrogen) atoms. The first-order valence-electron chi connectivity index (χ1n) is 6.00. The summed E-state index contributed by atoms with van der Waals surface area (Å²) < 4.78 is 39.9. The normalized spacial score (nSPS) is 12.4. The van der Waals surface area contributed by atoms with E-state index in [0.717, 1.165) is 6.07 Å². The zero-order valence-electron chi connectivity index (χ0n) is 10.2. The minimum atomic E-state index is -0.882. The molecule has 0 saturated carbocycles. The van der Waals surface area contributed by atoms with Crippen LogP contribution in [0.3, 0.4) is 0 Å². The van der Waals surface area contributed by atoms with Crippen LogP contribution in [0.2, 0.25) is 0 Å². The van der Waals surface area contributed by atoms with Crippen LogP contribution in [0.4, 0.5) is 13.2 Å². The van der Waals surface area contributed by atoms with Gasteiger partial charge >= 0.3 is 0 Å². The van der Waals surface area contributed by atoms with Crippen molar-refractivity contribution in [2.45, 2.75) is 12.3 Å². The summed E-state index contributed by atoms with van der Waals surface area (Å²) in [6.07, 6.45) is 0.240. The molecule has 0 aliphatic heterocycles. The largest absolute Gasteiger partial charge is 0.330 e. The monoisotopic (exact) mass is 265 g/mol. The Morgan fingerprint density at radius 1 is 1.00 bits per heavy atom. The fourth-order valence-electron chi connectivity index (χ4n) is 2.07. The highest BCUT2D eigenvalue weighted by Gasteiger charge is 2.15. The van der Waals surface area contributed by atoms with Gasteiger partial charge in [-0.05, 0) is 42.3 Å². The van der Waals surface area contributed by atoms with Gasteiger partial charge in [0.2, 0.25) is 0 Å². The van der Waals surface area contributed by atoms with Crippen LogP contribution >= 0.6 is 0 Å². The molecule has 1 unspecified atom stereocenters. The van der Waals surface area contributed by atoms with Crippen molar-refractivity contribution < 1.29 is 13.2 Å². The molecule has 1 nitrogen and oxygen atoms in total. The minimum absolute atomic E-state index is 0.236. The highest BCUT2D eigenvalue weighted by molar-refractivity contribution is 5.26. The van der Waals surface area contributed by atoms with Gasteiger partial charge in [-0.2, -0.15) is 0 Å². The summed E-state index contributed by atoms with van der Waals surface area (Å²) in [5.41, 5.74) is 6.59. The second-order valence-electron chi connectivity index (χ2n) is 4.40. The van der Waals surface area contributed by atoms with Crippen molar-refractivity contribution >= 4 is 0 Å². The summed E-state index contributed by atoms with van der Waals surface area (Å²) in [6.45, 7) is 0.236. The lowest BCUT2D eigenvalue weighted by Gasteiger charge is -2.16. The van der Waals surface area contributed by atoms with Crippen molar-refractivity contribution in [1.82, 2.24) is 0 Å². The molecule has 4 heteroatoms. The van der Waals surface area contributed by atoms with Crippen LogP contribution in [0.1, 0.15) is 17.0 Å². The molecule has 0 aromatic heterocycles. The molecule has 0 spiro atoms. The first-order valence-corrected chi connectivity index (χ1v) is 6.00. The van der Waals surface area contributed by atoms with Gasteiger partial charge in [0, 0.05) is 5.92 Å². The zero-order chi connectivity index (χ0) is 13.8. The Bertz CT molecular complexity index is 569. The quantitative estimate of drug-likeness (QED) is 0.901. The first kappa shape index (κ1) is 13.6. The second-order valence-corrected chi connectivity index (χ2v) is 4.40. The third-order valence-electron chi connectivity index (χ3n) is 3.10. The fourth-order valence-corrected chi connectivity index (χ4v) is 2.07. The van der Waals surface area contributed by atoms with Crippen LogP contribution in [0.15, 0.2) is 42.5 Å². The maximum absolute atomic E-state index is 13.6. The van der Waals surface area contributed by atoms with Crippen LogP contribution in [-0.4, -0.2) is 6.54 Å². The molecule has 2 aromatic carbocycles. The predicted molar refractivity (Wildman–Crippen MR) is 68.3 cm³/mol. The lowest BCUT2D eigenvalue weighted by atomic mass is 9.92. The highest BCUT2D eigenvalue weighted by atomic mass is 19.2. The molecule has 2 aromatic rings. The minimum Gasteiger partial charge on any atom is -0.330 e. The molecule has 0 aliphatic rings. The third kappa shape index (κ3) is 3.15. The van der Waals surface area contributed by atoms with Crippen LogP contribution in [0.25, 0.3) is 0 Å². The molecule has 0 saturated heterocycles. The van der Waals surface area contributed by atoms with Crippen molar-refractivity contribution in [3.63, 3.8) is 0 Å². The smallest absolute Gasteiger partial charge is 0.162 e. The average molecular weight is 265 g/mol. The van der Waals surface area contributed by atoms with E-state index in [4.69, 9.17) is 5.73 Å². The van der Waals surface area contributed by atoms with E-state index in [0.29, 0.717) is 5.56 Å². The van der Waals surface area contributed by atoms with E-state index in [-0.39, 0.29) is 30.3 Å². The molecular weight excluding hydrogens is 251 g/mol. The van der Waals surface area contributed by atoms with Gasteiger partial charge in [0.05, 0.1) is 0 Å². The number of nitrogens with two attached hydrogens (primary N) is 1. The Hall–Kier alpha value is -1.81. The summed E-state index contributed by atoms with van der Waals surface area (Å²) in [4.78, 5) is 0. The number of benzene rings is 2. The maximum Gasteiger partial charge on any atom is 0.162 e. The Balaban J connectivity index is 2.26. The summed E-state index contributed by atoms with van der Waals surface area (Å²) in [5, 5.41) is 0. The van der Waals surface area contributed by atoms with E-state index >= 15 is 0 Å². The number of rotatable bonds is 4. The molecule has 100 valence electrons. The van der Waals surface area contributed by atoms with Gasteiger partial charge in [0.15, 0.2) is 11.6 Å². The Kier molecular flexibility index (Phi) is 4.22. The molecule has 0 bridgehead atoms. The van der Waals surface area contributed by atoms with Crippen molar-refractivity contribution in [3.8, 4) is 0 Å². The van der Waals surface area contributed by atoms with Crippen LogP contribution in [0, 0.1) is 17.5 Å². The van der Waals surface area contributed by atoms with Gasteiger partial charge in [-0.25, -0.2) is 13.2 Å². The SMILES string of the molecule is NCC(Cc1cccc(F)c1F)c1cccc(F)c1. The standard InChI is InChI=1S/C15H14F3N/c16-13-5-1-3-10(8-13)12(9-19)7-11-4-2-6-14(17)15(11)18/h1-6,8,12H,7,9,19H2. The molecule has 2 rings (SSSR count). The lowest BCUT2D eigenvalue weighted by Crippen LogP contribution is -2.16. The van der Waals surface area contributed by atoms with Crippen molar-refractivity contribution in [2.75, 3.05) is 6.54 Å². The van der Waals surface area contributed by atoms with Gasteiger partial charge in [-0.1, -0.05) is 24.3 Å². The van der Waals surface area contributed by atoms with Crippen molar-refractivity contribution in [1.29, 1.82) is 0 Å². The Morgan fingerprint density at radius 3 is 2.42 bits per heavy atom. The second kappa shape index (κ2) is 5.89. The molecule has 2 N–H and O–H groups in total. The molecule has 0 heterocycles. The molecule has 0 amide bonds. The average Bonchev–Trinajstić information content (AvgIpc) is 2.40. The number of halogens is 3. The van der Waals surface area contributed by atoms with Crippen LogP contribution in [0.5, 0.6) is 0 Å². The topological polar surface area (TPSA) is 26.0 Å². The molecule has 0 radical (unpaired) electrons. The zero-order valence-corrected chi connectivity index (χ0v) is 10.2. The molecule has 1 atom stereocenters. The van der Waals surface area contributed by atoms with Gasteiger partial charge in [-0.15, -0.1) is 0 Å². The first-order chi connectivity index (χ1) is 9.11. The summed E-state index contributed by atoms with van der Waals surface area (Å²) in [5.74, 6) is -2.35. The molecular formula is C15H14F3N. The van der Waals surface area contributed by atoms with E-state index in [2.05, 4.69) is 0 Å². The van der Waals surface area contributed by atoms with Gasteiger partial charge in [0.1, 0.15) is 5.82 Å². The number of hydrogen-bond acceptors (Lipinski definition) is 1. The van der Waals surface area contributed by atoms with Crippen LogP contribution in [-0.2, 0) is 6.42 Å². The molecule has 0 aliphatic carbocycles. The van der Waals surface area contributed by atoms with E-state index in [1.54, 1.807) is 12.1 Å². The maximum atomic E-state index is 13.6. The van der Waals surface area contributed by atoms with E-state index in [9.17, 15) is 13.2 Å². The Labute approximate surface area is 109 Å². The third-order valence-corrected chi connectivity index (χ3v) is 3.10. The van der Waals surface area contributed by atoms with E-state index in [1.165, 1.54) is 24.3 Å². The molecule has 0 fully saturated rings. The van der Waals surface area contributed by atoms with Crippen molar-refractivity contribution in [3.05, 3.63) is 71.0 Å². The highest BCUT2D eigenvalue weighted by Crippen LogP contribution is 2.23. The summed E-state index contributed by atoms with van der Waals surface area (Å²) in [7, 11) is 0. The fraction of sp³-hybridized carbons (Fsp3) is 0.200. The summed E-state index contributed by atoms with van der Waals surface area (Å²) in [6, 6.07) is 10.0. The van der Waals surface area contributed by atoms with Gasteiger partial charge in [0.25, 0.3) is 0 Å². The lowest BCUT2D eigenvalue weighted by molar-refractivity contribution is 0.493. The Morgan fingerprint density at radius 2 is 1.74 bits per heavy atom. The van der Waals surface area contributed by atoms with Gasteiger partial charge < -0.3 is 5.73 Å². The van der Waals surface area contributed by atoms with E-state index in [1.807, 2.05) is 0 Å². The predicted octanol–water partition coefficient (Wildman–Crippen LogP) is 3.39.